The van der Waals surface area contributed by atoms with Crippen molar-refractivity contribution < 1.29 is 9.53 Å². The van der Waals surface area contributed by atoms with Gasteiger partial charge >= 0.3 is 5.97 Å². The predicted molar refractivity (Wildman–Crippen MR) is 72.3 cm³/mol. The number of carbonyl (C=O) groups is 1. The molecule has 100 valence electrons. The van der Waals surface area contributed by atoms with Gasteiger partial charge in [-0.3, -0.25) is 9.48 Å². The molecule has 1 atom stereocenters. The lowest BCUT2D eigenvalue weighted by Gasteiger charge is -2.10. The van der Waals surface area contributed by atoms with E-state index in [1.807, 2.05) is 36.5 Å². The molecule has 0 saturated heterocycles. The van der Waals surface area contributed by atoms with Crippen LogP contribution in [0, 0.1) is 0 Å². The zero-order chi connectivity index (χ0) is 13.7. The predicted octanol–water partition coefficient (Wildman–Crippen LogP) is 1.44. The number of carbonyl (C=O) groups excluding carboxylic acids is 1. The second kappa shape index (κ2) is 6.15. The van der Waals surface area contributed by atoms with Crippen molar-refractivity contribution in [2.45, 2.75) is 19.5 Å². The summed E-state index contributed by atoms with van der Waals surface area (Å²) in [6, 6.07) is 9.22. The summed E-state index contributed by atoms with van der Waals surface area (Å²) < 4.78 is 6.52. The molecule has 0 radical (unpaired) electrons. The second-order valence-electron chi connectivity index (χ2n) is 4.18. The number of nitrogens with zero attached hydrogens (tertiary/aromatic N) is 2. The Hall–Kier alpha value is -2.14. The van der Waals surface area contributed by atoms with Crippen molar-refractivity contribution in [1.29, 1.82) is 0 Å². The number of hydrogen-bond donors (Lipinski definition) is 1. The number of hydrogen-bond acceptors (Lipinski definition) is 4. The minimum Gasteiger partial charge on any atom is -0.465 e. The average molecular weight is 259 g/mol. The van der Waals surface area contributed by atoms with E-state index in [9.17, 15) is 4.79 Å². The minimum absolute atomic E-state index is 0.311. The number of nitrogens with two attached hydrogens (primary N) is 1. The van der Waals surface area contributed by atoms with Crippen LogP contribution in [0.15, 0.2) is 42.7 Å². The molecule has 2 rings (SSSR count). The summed E-state index contributed by atoms with van der Waals surface area (Å²) in [7, 11) is 0. The van der Waals surface area contributed by atoms with Crippen LogP contribution in [0.3, 0.4) is 0 Å². The summed E-state index contributed by atoms with van der Waals surface area (Å²) in [6.45, 7) is 2.40. The number of aromatic nitrogens is 2. The fourth-order valence-corrected chi connectivity index (χ4v) is 1.77. The van der Waals surface area contributed by atoms with Crippen molar-refractivity contribution in [2.75, 3.05) is 6.61 Å². The van der Waals surface area contributed by atoms with Crippen LogP contribution in [-0.2, 0) is 16.1 Å². The average Bonchev–Trinajstić information content (AvgIpc) is 2.88. The molecule has 0 aliphatic carbocycles. The number of rotatable bonds is 5. The summed E-state index contributed by atoms with van der Waals surface area (Å²) in [6.07, 6.45) is 3.63. The first-order valence-corrected chi connectivity index (χ1v) is 6.20. The lowest BCUT2D eigenvalue weighted by Crippen LogP contribution is -2.36. The number of ether oxygens (including phenoxy) is 1. The Balaban J connectivity index is 2.04. The van der Waals surface area contributed by atoms with E-state index in [-0.39, 0.29) is 0 Å². The summed E-state index contributed by atoms with van der Waals surface area (Å²) >= 11 is 0. The molecule has 0 amide bonds. The quantitative estimate of drug-likeness (QED) is 0.825. The maximum atomic E-state index is 11.4. The smallest absolute Gasteiger partial charge is 0.324 e. The molecule has 0 saturated carbocycles. The van der Waals surface area contributed by atoms with Gasteiger partial charge in [0.05, 0.1) is 19.3 Å². The van der Waals surface area contributed by atoms with E-state index < -0.39 is 12.0 Å². The molecular formula is C14H17N3O2. The largest absolute Gasteiger partial charge is 0.465 e. The molecule has 1 heterocycles. The summed E-state index contributed by atoms with van der Waals surface area (Å²) in [5, 5.41) is 4.20. The van der Waals surface area contributed by atoms with Crippen LogP contribution in [-0.4, -0.2) is 28.4 Å². The van der Waals surface area contributed by atoms with Gasteiger partial charge in [0.1, 0.15) is 6.04 Å². The van der Waals surface area contributed by atoms with Gasteiger partial charge in [0.25, 0.3) is 0 Å². The first-order valence-electron chi connectivity index (χ1n) is 6.20. The molecule has 19 heavy (non-hydrogen) atoms. The molecule has 1 aromatic carbocycles. The number of esters is 1. The van der Waals surface area contributed by atoms with Crippen molar-refractivity contribution in [2.24, 2.45) is 5.73 Å². The molecule has 2 N–H and O–H groups in total. The second-order valence-corrected chi connectivity index (χ2v) is 4.18. The first-order chi connectivity index (χ1) is 9.20. The van der Waals surface area contributed by atoms with Crippen LogP contribution in [0.4, 0.5) is 0 Å². The molecule has 1 aromatic heterocycles. The van der Waals surface area contributed by atoms with Crippen molar-refractivity contribution >= 4 is 5.97 Å². The Morgan fingerprint density at radius 3 is 2.79 bits per heavy atom. The fraction of sp³-hybridized carbons (Fsp3) is 0.286. The van der Waals surface area contributed by atoms with E-state index in [1.54, 1.807) is 17.8 Å². The third kappa shape index (κ3) is 3.42. The van der Waals surface area contributed by atoms with Crippen LogP contribution < -0.4 is 5.73 Å². The summed E-state index contributed by atoms with van der Waals surface area (Å²) in [4.78, 5) is 11.4. The van der Waals surface area contributed by atoms with E-state index in [0.29, 0.717) is 13.2 Å². The maximum absolute atomic E-state index is 11.4. The van der Waals surface area contributed by atoms with Gasteiger partial charge in [-0.25, -0.2) is 0 Å². The Morgan fingerprint density at radius 2 is 2.11 bits per heavy atom. The molecular weight excluding hydrogens is 242 g/mol. The molecule has 0 fully saturated rings. The Bertz CT molecular complexity index is 537. The first kappa shape index (κ1) is 13.3. The SMILES string of the molecule is CCOC(=O)C(N)Cn1cc(-c2ccccc2)cn1. The Kier molecular flexibility index (Phi) is 4.30. The van der Waals surface area contributed by atoms with Crippen LogP contribution in [0.5, 0.6) is 0 Å². The topological polar surface area (TPSA) is 70.1 Å². The lowest BCUT2D eigenvalue weighted by molar-refractivity contribution is -0.145. The van der Waals surface area contributed by atoms with Crippen molar-refractivity contribution in [3.8, 4) is 11.1 Å². The summed E-state index contributed by atoms with van der Waals surface area (Å²) in [5.41, 5.74) is 7.83. The standard InChI is InChI=1S/C14H17N3O2/c1-2-19-14(18)13(15)10-17-9-12(8-16-17)11-6-4-3-5-7-11/h3-9,13H,2,10,15H2,1H3. The lowest BCUT2D eigenvalue weighted by atomic mass is 10.1. The van der Waals surface area contributed by atoms with Gasteiger partial charge in [0, 0.05) is 11.8 Å². The van der Waals surface area contributed by atoms with E-state index >= 15 is 0 Å². The maximum Gasteiger partial charge on any atom is 0.324 e. The van der Waals surface area contributed by atoms with E-state index in [0.717, 1.165) is 11.1 Å². The van der Waals surface area contributed by atoms with Crippen LogP contribution in [0.1, 0.15) is 6.92 Å². The molecule has 5 nitrogen and oxygen atoms in total. The molecule has 0 bridgehead atoms. The van der Waals surface area contributed by atoms with E-state index in [1.165, 1.54) is 0 Å². The van der Waals surface area contributed by atoms with Gasteiger partial charge in [0.15, 0.2) is 0 Å². The van der Waals surface area contributed by atoms with E-state index in [2.05, 4.69) is 5.10 Å². The summed E-state index contributed by atoms with van der Waals surface area (Å²) in [5.74, 6) is -0.403. The highest BCUT2D eigenvalue weighted by Crippen LogP contribution is 2.17. The molecule has 2 aromatic rings. The van der Waals surface area contributed by atoms with Crippen LogP contribution in [0.2, 0.25) is 0 Å². The molecule has 0 aliphatic rings. The Labute approximate surface area is 112 Å². The monoisotopic (exact) mass is 259 g/mol. The van der Waals surface area contributed by atoms with Gasteiger partial charge in [-0.1, -0.05) is 30.3 Å². The molecule has 1 unspecified atom stereocenters. The van der Waals surface area contributed by atoms with E-state index in [4.69, 9.17) is 10.5 Å². The molecule has 0 spiro atoms. The third-order valence-electron chi connectivity index (χ3n) is 2.71. The third-order valence-corrected chi connectivity index (χ3v) is 2.71. The van der Waals surface area contributed by atoms with Crippen LogP contribution >= 0.6 is 0 Å². The van der Waals surface area contributed by atoms with Crippen molar-refractivity contribution in [3.05, 3.63) is 42.7 Å². The highest BCUT2D eigenvalue weighted by atomic mass is 16.5. The fourth-order valence-electron chi connectivity index (χ4n) is 1.77. The zero-order valence-electron chi connectivity index (χ0n) is 10.8. The van der Waals surface area contributed by atoms with Gasteiger partial charge < -0.3 is 10.5 Å². The molecule has 5 heteroatoms. The zero-order valence-corrected chi connectivity index (χ0v) is 10.8. The van der Waals surface area contributed by atoms with Crippen molar-refractivity contribution in [1.82, 2.24) is 9.78 Å². The van der Waals surface area contributed by atoms with Gasteiger partial charge in [-0.05, 0) is 12.5 Å². The Morgan fingerprint density at radius 1 is 1.37 bits per heavy atom. The van der Waals surface area contributed by atoms with Crippen LogP contribution in [0.25, 0.3) is 11.1 Å². The van der Waals surface area contributed by atoms with Gasteiger partial charge in [-0.2, -0.15) is 5.10 Å². The number of benzene rings is 1. The minimum atomic E-state index is -0.691. The molecule has 0 aliphatic heterocycles. The highest BCUT2D eigenvalue weighted by Gasteiger charge is 2.15. The normalized spacial score (nSPS) is 12.1. The van der Waals surface area contributed by atoms with Gasteiger partial charge in [-0.15, -0.1) is 0 Å². The highest BCUT2D eigenvalue weighted by molar-refractivity contribution is 5.75. The van der Waals surface area contributed by atoms with Gasteiger partial charge in [0.2, 0.25) is 0 Å². The van der Waals surface area contributed by atoms with Crippen molar-refractivity contribution in [3.63, 3.8) is 0 Å².